The Morgan fingerprint density at radius 2 is 1.95 bits per heavy atom. The molecule has 5 heteroatoms. The summed E-state index contributed by atoms with van der Waals surface area (Å²) in [5, 5.41) is 6.71. The predicted molar refractivity (Wildman–Crippen MR) is 79.7 cm³/mol. The van der Waals surface area contributed by atoms with Gasteiger partial charge in [-0.15, -0.1) is 0 Å². The van der Waals surface area contributed by atoms with Gasteiger partial charge in [-0.1, -0.05) is 20.8 Å². The summed E-state index contributed by atoms with van der Waals surface area (Å²) < 4.78 is 5.24. The van der Waals surface area contributed by atoms with Crippen molar-refractivity contribution in [1.82, 2.24) is 9.97 Å². The lowest BCUT2D eigenvalue weighted by Gasteiger charge is -2.22. The Bertz CT molecular complexity index is 382. The maximum atomic E-state index is 5.24. The van der Waals surface area contributed by atoms with E-state index in [1.54, 1.807) is 7.11 Å². The molecule has 1 unspecified atom stereocenters. The second kappa shape index (κ2) is 7.94. The van der Waals surface area contributed by atoms with E-state index >= 15 is 0 Å². The van der Waals surface area contributed by atoms with Gasteiger partial charge in [0.2, 0.25) is 0 Å². The monoisotopic (exact) mass is 266 g/mol. The number of aryl methyl sites for hydroxylation is 1. The lowest BCUT2D eigenvalue weighted by atomic mass is 10.1. The van der Waals surface area contributed by atoms with Gasteiger partial charge in [-0.3, -0.25) is 0 Å². The van der Waals surface area contributed by atoms with Crippen molar-refractivity contribution in [3.05, 3.63) is 11.9 Å². The second-order valence-electron chi connectivity index (χ2n) is 5.06. The lowest BCUT2D eigenvalue weighted by Crippen LogP contribution is -2.31. The highest BCUT2D eigenvalue weighted by Gasteiger charge is 2.14. The minimum Gasteiger partial charge on any atom is -0.383 e. The molecule has 0 saturated heterocycles. The number of rotatable bonds is 8. The van der Waals surface area contributed by atoms with E-state index in [2.05, 4.69) is 41.4 Å². The number of anilines is 2. The smallest absolute Gasteiger partial charge is 0.132 e. The minimum atomic E-state index is 0.248. The van der Waals surface area contributed by atoms with Gasteiger partial charge in [0.15, 0.2) is 0 Å². The second-order valence-corrected chi connectivity index (χ2v) is 5.06. The minimum absolute atomic E-state index is 0.248. The van der Waals surface area contributed by atoms with Crippen LogP contribution >= 0.6 is 0 Å². The average molecular weight is 266 g/mol. The summed E-state index contributed by atoms with van der Waals surface area (Å²) in [6.07, 6.45) is 1.07. The van der Waals surface area contributed by atoms with E-state index in [1.165, 1.54) is 0 Å². The molecule has 0 amide bonds. The normalized spacial score (nSPS) is 12.5. The molecule has 0 aliphatic carbocycles. The van der Waals surface area contributed by atoms with Gasteiger partial charge >= 0.3 is 0 Å². The van der Waals surface area contributed by atoms with Gasteiger partial charge in [-0.05, 0) is 19.3 Å². The molecule has 0 radical (unpaired) electrons. The van der Waals surface area contributed by atoms with E-state index in [4.69, 9.17) is 4.74 Å². The molecular weight excluding hydrogens is 240 g/mol. The molecule has 1 rings (SSSR count). The van der Waals surface area contributed by atoms with Crippen molar-refractivity contribution in [2.75, 3.05) is 30.9 Å². The molecule has 1 aromatic heterocycles. The molecule has 0 aliphatic rings. The molecule has 0 spiro atoms. The summed E-state index contributed by atoms with van der Waals surface area (Å²) in [5.41, 5.74) is 0. The summed E-state index contributed by atoms with van der Waals surface area (Å²) in [6.45, 7) is 9.96. The predicted octanol–water partition coefficient (Wildman–Crippen LogP) is 2.69. The first-order valence-corrected chi connectivity index (χ1v) is 6.91. The van der Waals surface area contributed by atoms with Crippen LogP contribution in [0.3, 0.4) is 0 Å². The largest absolute Gasteiger partial charge is 0.383 e. The van der Waals surface area contributed by atoms with Crippen LogP contribution in [0, 0.1) is 12.8 Å². The molecule has 0 aromatic carbocycles. The topological polar surface area (TPSA) is 59.1 Å². The fourth-order valence-corrected chi connectivity index (χ4v) is 1.76. The van der Waals surface area contributed by atoms with Crippen molar-refractivity contribution in [2.45, 2.75) is 40.2 Å². The molecular formula is C14H26N4O. The number of methoxy groups -OCH3 is 1. The summed E-state index contributed by atoms with van der Waals surface area (Å²) in [4.78, 5) is 8.80. The molecule has 0 aliphatic heterocycles. The van der Waals surface area contributed by atoms with Crippen molar-refractivity contribution in [3.63, 3.8) is 0 Å². The highest BCUT2D eigenvalue weighted by Crippen LogP contribution is 2.15. The average Bonchev–Trinajstić information content (AvgIpc) is 2.35. The number of hydrogen-bond donors (Lipinski definition) is 2. The van der Waals surface area contributed by atoms with Crippen LogP contribution in [0.2, 0.25) is 0 Å². The van der Waals surface area contributed by atoms with Crippen molar-refractivity contribution in [2.24, 2.45) is 5.92 Å². The molecule has 0 fully saturated rings. The van der Waals surface area contributed by atoms with Gasteiger partial charge in [-0.2, -0.15) is 0 Å². The van der Waals surface area contributed by atoms with Crippen molar-refractivity contribution in [1.29, 1.82) is 0 Å². The fraction of sp³-hybridized carbons (Fsp3) is 0.714. The third-order valence-electron chi connectivity index (χ3n) is 2.88. The van der Waals surface area contributed by atoms with Gasteiger partial charge in [0.05, 0.1) is 12.6 Å². The number of ether oxygens (including phenoxy) is 1. The summed E-state index contributed by atoms with van der Waals surface area (Å²) in [7, 11) is 1.72. The van der Waals surface area contributed by atoms with Crippen LogP contribution in [0.15, 0.2) is 6.07 Å². The zero-order valence-electron chi connectivity index (χ0n) is 12.7. The van der Waals surface area contributed by atoms with Crippen LogP contribution in [0.5, 0.6) is 0 Å². The zero-order chi connectivity index (χ0) is 14.3. The highest BCUT2D eigenvalue weighted by atomic mass is 16.5. The first-order chi connectivity index (χ1) is 9.06. The van der Waals surface area contributed by atoms with Crippen LogP contribution in [0.4, 0.5) is 11.6 Å². The Labute approximate surface area is 116 Å². The molecule has 108 valence electrons. The fourth-order valence-electron chi connectivity index (χ4n) is 1.76. The number of nitrogens with zero attached hydrogens (tertiary/aromatic N) is 2. The van der Waals surface area contributed by atoms with Gasteiger partial charge < -0.3 is 15.4 Å². The van der Waals surface area contributed by atoms with E-state index < -0.39 is 0 Å². The van der Waals surface area contributed by atoms with Gasteiger partial charge in [0.25, 0.3) is 0 Å². The number of aromatic nitrogens is 2. The number of nitrogens with one attached hydrogen (secondary N) is 2. The SMILES string of the molecule is CCCNc1cc(NC(COC)C(C)C)nc(C)n1. The molecule has 0 saturated carbocycles. The van der Waals surface area contributed by atoms with E-state index in [0.29, 0.717) is 12.5 Å². The van der Waals surface area contributed by atoms with E-state index in [-0.39, 0.29) is 6.04 Å². The maximum absolute atomic E-state index is 5.24. The maximum Gasteiger partial charge on any atom is 0.132 e. The molecule has 2 N–H and O–H groups in total. The molecule has 0 bridgehead atoms. The first kappa shape index (κ1) is 15.7. The lowest BCUT2D eigenvalue weighted by molar-refractivity contribution is 0.171. The van der Waals surface area contributed by atoms with E-state index in [0.717, 1.165) is 30.4 Å². The van der Waals surface area contributed by atoms with E-state index in [1.807, 2.05) is 13.0 Å². The first-order valence-electron chi connectivity index (χ1n) is 6.91. The van der Waals surface area contributed by atoms with E-state index in [9.17, 15) is 0 Å². The molecule has 5 nitrogen and oxygen atoms in total. The molecule has 1 aromatic rings. The van der Waals surface area contributed by atoms with Crippen molar-refractivity contribution < 1.29 is 4.74 Å². The number of hydrogen-bond acceptors (Lipinski definition) is 5. The van der Waals surface area contributed by atoms with Gasteiger partial charge in [0.1, 0.15) is 17.5 Å². The van der Waals surface area contributed by atoms with Crippen LogP contribution in [-0.2, 0) is 4.74 Å². The standard InChI is InChI=1S/C14H26N4O/c1-6-7-15-13-8-14(17-11(4)16-13)18-12(9-19-5)10(2)3/h8,10,12H,6-7,9H2,1-5H3,(H2,15,16,17,18). The third kappa shape index (κ3) is 5.42. The van der Waals surface area contributed by atoms with Gasteiger partial charge in [0, 0.05) is 19.7 Å². The van der Waals surface area contributed by atoms with Crippen molar-refractivity contribution in [3.8, 4) is 0 Å². The molecule has 1 heterocycles. The van der Waals surface area contributed by atoms with Crippen LogP contribution in [0.25, 0.3) is 0 Å². The zero-order valence-corrected chi connectivity index (χ0v) is 12.7. The summed E-state index contributed by atoms with van der Waals surface area (Å²) >= 11 is 0. The Morgan fingerprint density at radius 1 is 1.26 bits per heavy atom. The van der Waals surface area contributed by atoms with Crippen LogP contribution in [0.1, 0.15) is 33.0 Å². The van der Waals surface area contributed by atoms with Crippen molar-refractivity contribution >= 4 is 11.6 Å². The Hall–Kier alpha value is -1.36. The molecule has 1 atom stereocenters. The third-order valence-corrected chi connectivity index (χ3v) is 2.88. The van der Waals surface area contributed by atoms with Crippen LogP contribution in [-0.4, -0.2) is 36.3 Å². The summed E-state index contributed by atoms with van der Waals surface area (Å²) in [6, 6.07) is 2.20. The highest BCUT2D eigenvalue weighted by molar-refractivity contribution is 5.48. The Morgan fingerprint density at radius 3 is 2.53 bits per heavy atom. The Kier molecular flexibility index (Phi) is 6.56. The van der Waals surface area contributed by atoms with Crippen LogP contribution < -0.4 is 10.6 Å². The quantitative estimate of drug-likeness (QED) is 0.757. The van der Waals surface area contributed by atoms with Gasteiger partial charge in [-0.25, -0.2) is 9.97 Å². The Balaban J connectivity index is 2.78. The summed E-state index contributed by atoms with van der Waals surface area (Å²) in [5.74, 6) is 2.96. The molecule has 19 heavy (non-hydrogen) atoms.